The van der Waals surface area contributed by atoms with Crippen LogP contribution in [-0.2, 0) is 9.53 Å². The number of ether oxygens (including phenoxy) is 1. The van der Waals surface area contributed by atoms with E-state index >= 15 is 0 Å². The van der Waals surface area contributed by atoms with Crippen molar-refractivity contribution < 1.29 is 14.3 Å². The van der Waals surface area contributed by atoms with E-state index in [0.717, 1.165) is 12.0 Å². The number of hydrogen-bond donors (Lipinski definition) is 0. The summed E-state index contributed by atoms with van der Waals surface area (Å²) in [5.74, 6) is 0.112. The second kappa shape index (κ2) is 7.52. The van der Waals surface area contributed by atoms with Gasteiger partial charge in [0, 0.05) is 18.9 Å². The molecular formula is C16H20O3. The van der Waals surface area contributed by atoms with Gasteiger partial charge < -0.3 is 4.74 Å². The Morgan fingerprint density at radius 2 is 1.74 bits per heavy atom. The van der Waals surface area contributed by atoms with Crippen LogP contribution < -0.4 is 0 Å². The van der Waals surface area contributed by atoms with Crippen molar-refractivity contribution in [1.82, 2.24) is 0 Å². The number of carbonyl (C=O) groups excluding carboxylic acids is 2. The third-order valence-electron chi connectivity index (χ3n) is 2.68. The molecule has 0 saturated heterocycles. The van der Waals surface area contributed by atoms with Gasteiger partial charge in [-0.25, -0.2) is 4.79 Å². The SMILES string of the molecule is CC.Cc1ccc(C(=O)OC2=CC(=O)CCC2)cc1. The molecule has 0 radical (unpaired) electrons. The first-order valence-corrected chi connectivity index (χ1v) is 6.67. The van der Waals surface area contributed by atoms with Crippen LogP contribution in [0, 0.1) is 6.92 Å². The Kier molecular flexibility index (Phi) is 6.00. The maximum atomic E-state index is 11.8. The second-order valence-corrected chi connectivity index (χ2v) is 4.19. The predicted octanol–water partition coefficient (Wildman–Crippen LogP) is 3.81. The second-order valence-electron chi connectivity index (χ2n) is 4.19. The molecule has 1 aliphatic carbocycles. The van der Waals surface area contributed by atoms with Gasteiger partial charge in [-0.15, -0.1) is 0 Å². The van der Waals surface area contributed by atoms with Crippen molar-refractivity contribution in [3.63, 3.8) is 0 Å². The summed E-state index contributed by atoms with van der Waals surface area (Å²) >= 11 is 0. The maximum Gasteiger partial charge on any atom is 0.343 e. The quantitative estimate of drug-likeness (QED) is 0.759. The number of allylic oxidation sites excluding steroid dienone is 2. The van der Waals surface area contributed by atoms with Gasteiger partial charge >= 0.3 is 5.97 Å². The average molecular weight is 260 g/mol. The minimum atomic E-state index is -0.397. The lowest BCUT2D eigenvalue weighted by molar-refractivity contribution is -0.115. The first-order chi connectivity index (χ1) is 9.15. The predicted molar refractivity (Wildman–Crippen MR) is 74.9 cm³/mol. The fourth-order valence-electron chi connectivity index (χ4n) is 1.71. The fraction of sp³-hybridized carbons (Fsp3) is 0.375. The molecule has 1 aromatic rings. The summed E-state index contributed by atoms with van der Waals surface area (Å²) in [7, 11) is 0. The van der Waals surface area contributed by atoms with E-state index in [9.17, 15) is 9.59 Å². The van der Waals surface area contributed by atoms with E-state index in [-0.39, 0.29) is 5.78 Å². The van der Waals surface area contributed by atoms with E-state index in [2.05, 4.69) is 0 Å². The molecule has 0 aliphatic heterocycles. The van der Waals surface area contributed by atoms with Gasteiger partial charge in [0.2, 0.25) is 0 Å². The number of ketones is 1. The molecule has 3 nitrogen and oxygen atoms in total. The number of aryl methyl sites for hydroxylation is 1. The van der Waals surface area contributed by atoms with Crippen LogP contribution in [0.5, 0.6) is 0 Å². The van der Waals surface area contributed by atoms with Gasteiger partial charge in [-0.3, -0.25) is 4.79 Å². The summed E-state index contributed by atoms with van der Waals surface area (Å²) in [4.78, 5) is 22.9. The lowest BCUT2D eigenvalue weighted by Gasteiger charge is -2.12. The van der Waals surface area contributed by atoms with Crippen LogP contribution in [0.15, 0.2) is 36.1 Å². The Labute approximate surface area is 114 Å². The molecule has 1 aliphatic rings. The zero-order valence-corrected chi connectivity index (χ0v) is 11.7. The van der Waals surface area contributed by atoms with Gasteiger partial charge in [-0.1, -0.05) is 31.5 Å². The number of carbonyl (C=O) groups is 2. The molecule has 2 rings (SSSR count). The standard InChI is InChI=1S/C14H14O3.C2H6/c1-10-5-7-11(8-6-10)14(16)17-13-4-2-3-12(15)9-13;1-2/h5-9H,2-4H2,1H3;1-2H3. The molecule has 0 unspecified atom stereocenters. The van der Waals surface area contributed by atoms with Crippen LogP contribution in [0.2, 0.25) is 0 Å². The molecule has 0 amide bonds. The minimum absolute atomic E-state index is 0.0305. The van der Waals surface area contributed by atoms with Crippen molar-refractivity contribution in [2.24, 2.45) is 0 Å². The fourth-order valence-corrected chi connectivity index (χ4v) is 1.71. The van der Waals surface area contributed by atoms with Gasteiger partial charge in [0.25, 0.3) is 0 Å². The third kappa shape index (κ3) is 4.70. The van der Waals surface area contributed by atoms with Crippen LogP contribution in [0.3, 0.4) is 0 Å². The van der Waals surface area contributed by atoms with Crippen molar-refractivity contribution in [3.05, 3.63) is 47.2 Å². The van der Waals surface area contributed by atoms with E-state index in [1.165, 1.54) is 6.08 Å². The van der Waals surface area contributed by atoms with Gasteiger partial charge in [0.15, 0.2) is 5.78 Å². The van der Waals surface area contributed by atoms with Crippen molar-refractivity contribution in [1.29, 1.82) is 0 Å². The van der Waals surface area contributed by atoms with Crippen molar-refractivity contribution >= 4 is 11.8 Å². The van der Waals surface area contributed by atoms with Crippen molar-refractivity contribution in [3.8, 4) is 0 Å². The number of rotatable bonds is 2. The summed E-state index contributed by atoms with van der Waals surface area (Å²) in [6.45, 7) is 5.96. The molecule has 0 atom stereocenters. The smallest absolute Gasteiger partial charge is 0.343 e. The van der Waals surface area contributed by atoms with Gasteiger partial charge in [0.1, 0.15) is 5.76 Å². The van der Waals surface area contributed by atoms with E-state index < -0.39 is 5.97 Å². The largest absolute Gasteiger partial charge is 0.427 e. The Balaban J connectivity index is 0.000000861. The third-order valence-corrected chi connectivity index (χ3v) is 2.68. The topological polar surface area (TPSA) is 43.4 Å². The molecule has 3 heteroatoms. The van der Waals surface area contributed by atoms with E-state index in [0.29, 0.717) is 24.2 Å². The Morgan fingerprint density at radius 3 is 2.32 bits per heavy atom. The zero-order valence-electron chi connectivity index (χ0n) is 11.7. The highest BCUT2D eigenvalue weighted by Crippen LogP contribution is 2.18. The van der Waals surface area contributed by atoms with E-state index in [1.54, 1.807) is 12.1 Å². The highest BCUT2D eigenvalue weighted by atomic mass is 16.5. The molecule has 1 aromatic carbocycles. The molecular weight excluding hydrogens is 240 g/mol. The summed E-state index contributed by atoms with van der Waals surface area (Å²) in [5, 5.41) is 0. The normalized spacial score (nSPS) is 14.1. The Hall–Kier alpha value is -1.90. The lowest BCUT2D eigenvalue weighted by atomic mass is 10.1. The monoisotopic (exact) mass is 260 g/mol. The molecule has 0 aromatic heterocycles. The number of benzene rings is 1. The summed E-state index contributed by atoms with van der Waals surface area (Å²) < 4.78 is 5.19. The first-order valence-electron chi connectivity index (χ1n) is 6.67. The van der Waals surface area contributed by atoms with Crippen LogP contribution in [0.1, 0.15) is 49.0 Å². The van der Waals surface area contributed by atoms with E-state index in [4.69, 9.17) is 4.74 Å². The molecule has 0 heterocycles. The maximum absolute atomic E-state index is 11.8. The molecule has 0 spiro atoms. The molecule has 0 saturated carbocycles. The van der Waals surface area contributed by atoms with Crippen molar-refractivity contribution in [2.75, 3.05) is 0 Å². The minimum Gasteiger partial charge on any atom is -0.427 e. The lowest BCUT2D eigenvalue weighted by Crippen LogP contribution is -2.10. The van der Waals surface area contributed by atoms with Crippen molar-refractivity contribution in [2.45, 2.75) is 40.0 Å². The first kappa shape index (κ1) is 15.2. The van der Waals surface area contributed by atoms with E-state index in [1.807, 2.05) is 32.9 Å². The van der Waals surface area contributed by atoms with Crippen LogP contribution in [0.4, 0.5) is 0 Å². The molecule has 0 bridgehead atoms. The van der Waals surface area contributed by atoms with Gasteiger partial charge in [0.05, 0.1) is 5.56 Å². The molecule has 19 heavy (non-hydrogen) atoms. The summed E-state index contributed by atoms with van der Waals surface area (Å²) in [5.41, 5.74) is 1.60. The summed E-state index contributed by atoms with van der Waals surface area (Å²) in [6.07, 6.45) is 3.39. The highest BCUT2D eigenvalue weighted by molar-refractivity contribution is 5.93. The number of esters is 1. The number of hydrogen-bond acceptors (Lipinski definition) is 3. The molecule has 0 fully saturated rings. The Morgan fingerprint density at radius 1 is 1.11 bits per heavy atom. The highest BCUT2D eigenvalue weighted by Gasteiger charge is 2.15. The molecule has 0 N–H and O–H groups in total. The van der Waals surface area contributed by atoms with Gasteiger partial charge in [-0.05, 0) is 25.5 Å². The molecule has 102 valence electrons. The van der Waals surface area contributed by atoms with Crippen LogP contribution in [-0.4, -0.2) is 11.8 Å². The average Bonchev–Trinajstić information content (AvgIpc) is 2.41. The Bertz CT molecular complexity index is 469. The summed E-state index contributed by atoms with van der Waals surface area (Å²) in [6, 6.07) is 7.17. The van der Waals surface area contributed by atoms with Crippen LogP contribution in [0.25, 0.3) is 0 Å². The van der Waals surface area contributed by atoms with Gasteiger partial charge in [-0.2, -0.15) is 0 Å². The van der Waals surface area contributed by atoms with Crippen LogP contribution >= 0.6 is 0 Å². The zero-order chi connectivity index (χ0) is 14.3.